The zero-order valence-electron chi connectivity index (χ0n) is 8.77. The van der Waals surface area contributed by atoms with E-state index in [0.29, 0.717) is 0 Å². The van der Waals surface area contributed by atoms with E-state index in [9.17, 15) is 0 Å². The number of nitrogens with zero attached hydrogens (tertiary/aromatic N) is 1. The number of aromatic nitrogens is 1. The topological polar surface area (TPSA) is 50.9 Å². The van der Waals surface area contributed by atoms with Gasteiger partial charge < -0.3 is 0 Å². The molecule has 3 N–H and O–H groups in total. The maximum atomic E-state index is 5.64. The summed E-state index contributed by atoms with van der Waals surface area (Å²) in [7, 11) is 0. The first kappa shape index (κ1) is 12.0. The van der Waals surface area contributed by atoms with Crippen LogP contribution in [0.3, 0.4) is 0 Å². The number of aryl methyl sites for hydroxylation is 1. The summed E-state index contributed by atoms with van der Waals surface area (Å²) in [4.78, 5) is 4.15. The number of nitrogens with one attached hydrogen (secondary N) is 1. The van der Waals surface area contributed by atoms with Crippen LogP contribution in [-0.4, -0.2) is 4.98 Å². The summed E-state index contributed by atoms with van der Waals surface area (Å²) in [6, 6.07) is 4.16. The first-order valence-electron chi connectivity index (χ1n) is 4.83. The molecule has 1 atom stereocenters. The second-order valence-corrected chi connectivity index (χ2v) is 6.32. The Morgan fingerprint density at radius 3 is 2.94 bits per heavy atom. The van der Waals surface area contributed by atoms with Gasteiger partial charge in [-0.2, -0.15) is 0 Å². The zero-order chi connectivity index (χ0) is 11.5. The summed E-state index contributed by atoms with van der Waals surface area (Å²) in [5.74, 6) is 5.64. The molecule has 0 saturated heterocycles. The Morgan fingerprint density at radius 2 is 2.38 bits per heavy atom. The zero-order valence-corrected chi connectivity index (χ0v) is 11.7. The molecular formula is C11H12IN3S. The van der Waals surface area contributed by atoms with E-state index in [1.165, 1.54) is 14.0 Å². The second-order valence-electron chi connectivity index (χ2n) is 3.52. The molecule has 0 saturated carbocycles. The fourth-order valence-electron chi connectivity index (χ4n) is 1.62. The van der Waals surface area contributed by atoms with Gasteiger partial charge in [0.25, 0.3) is 0 Å². The van der Waals surface area contributed by atoms with Gasteiger partial charge in [-0.3, -0.25) is 10.8 Å². The minimum atomic E-state index is 0.0217. The largest absolute Gasteiger partial charge is 0.271 e. The summed E-state index contributed by atoms with van der Waals surface area (Å²) in [6.45, 7) is 2.07. The lowest BCUT2D eigenvalue weighted by Gasteiger charge is -2.16. The van der Waals surface area contributed by atoms with Crippen LogP contribution in [-0.2, 0) is 0 Å². The van der Waals surface area contributed by atoms with Crippen molar-refractivity contribution in [3.05, 3.63) is 49.5 Å². The fraction of sp³-hybridized carbons (Fsp3) is 0.182. The third-order valence-electron chi connectivity index (χ3n) is 2.48. The molecule has 0 aromatic carbocycles. The Balaban J connectivity index is 2.40. The SMILES string of the molecule is Cc1ccncc1C(NN)c1csc(I)c1. The number of thiophene rings is 1. The molecule has 1 unspecified atom stereocenters. The lowest BCUT2D eigenvalue weighted by molar-refractivity contribution is 0.633. The number of pyridine rings is 1. The number of rotatable bonds is 3. The molecule has 84 valence electrons. The van der Waals surface area contributed by atoms with Crippen LogP contribution < -0.4 is 11.3 Å². The van der Waals surface area contributed by atoms with Crippen LogP contribution in [0.25, 0.3) is 0 Å². The van der Waals surface area contributed by atoms with E-state index in [2.05, 4.69) is 51.4 Å². The van der Waals surface area contributed by atoms with E-state index < -0.39 is 0 Å². The molecular weight excluding hydrogens is 333 g/mol. The van der Waals surface area contributed by atoms with Crippen molar-refractivity contribution in [3.63, 3.8) is 0 Å². The molecule has 2 aromatic heterocycles. The molecule has 16 heavy (non-hydrogen) atoms. The van der Waals surface area contributed by atoms with Gasteiger partial charge in [0.05, 0.1) is 8.93 Å². The van der Waals surface area contributed by atoms with E-state index in [0.717, 1.165) is 5.56 Å². The Morgan fingerprint density at radius 1 is 1.56 bits per heavy atom. The molecule has 5 heteroatoms. The van der Waals surface area contributed by atoms with Crippen molar-refractivity contribution < 1.29 is 0 Å². The maximum absolute atomic E-state index is 5.64. The van der Waals surface area contributed by atoms with Crippen molar-refractivity contribution in [1.29, 1.82) is 0 Å². The van der Waals surface area contributed by atoms with Crippen molar-refractivity contribution in [1.82, 2.24) is 10.4 Å². The standard InChI is InChI=1S/C11H12IN3S/c1-7-2-3-14-5-9(7)11(15-13)8-4-10(12)16-6-8/h2-6,11,15H,13H2,1H3. The highest BCUT2D eigenvalue weighted by molar-refractivity contribution is 14.1. The Kier molecular flexibility index (Phi) is 3.91. The molecule has 2 aromatic rings. The molecule has 2 rings (SSSR count). The molecule has 0 bridgehead atoms. The first-order valence-corrected chi connectivity index (χ1v) is 6.79. The molecule has 0 radical (unpaired) electrons. The van der Waals surface area contributed by atoms with Gasteiger partial charge in [0.2, 0.25) is 0 Å². The van der Waals surface area contributed by atoms with Crippen LogP contribution in [0.5, 0.6) is 0 Å². The van der Waals surface area contributed by atoms with E-state index in [4.69, 9.17) is 5.84 Å². The lowest BCUT2D eigenvalue weighted by Crippen LogP contribution is -2.29. The highest BCUT2D eigenvalue weighted by Gasteiger charge is 2.15. The molecule has 0 aliphatic rings. The summed E-state index contributed by atoms with van der Waals surface area (Å²) >= 11 is 4.03. The molecule has 0 aliphatic carbocycles. The lowest BCUT2D eigenvalue weighted by atomic mass is 10.00. The van der Waals surface area contributed by atoms with E-state index in [-0.39, 0.29) is 6.04 Å². The van der Waals surface area contributed by atoms with Gasteiger partial charge in [-0.15, -0.1) is 11.3 Å². The highest BCUT2D eigenvalue weighted by Crippen LogP contribution is 2.27. The van der Waals surface area contributed by atoms with Gasteiger partial charge in [0.1, 0.15) is 0 Å². The van der Waals surface area contributed by atoms with E-state index in [1.54, 1.807) is 17.5 Å². The number of hydrogen-bond donors (Lipinski definition) is 2. The van der Waals surface area contributed by atoms with Crippen LogP contribution in [0.2, 0.25) is 0 Å². The molecule has 0 fully saturated rings. The Hall–Kier alpha value is -0.500. The first-order chi connectivity index (χ1) is 7.72. The van der Waals surface area contributed by atoms with Crippen LogP contribution in [0.4, 0.5) is 0 Å². The Bertz CT molecular complexity index is 484. The van der Waals surface area contributed by atoms with Gasteiger partial charge in [-0.1, -0.05) is 0 Å². The second kappa shape index (κ2) is 5.22. The molecule has 0 amide bonds. The smallest absolute Gasteiger partial charge is 0.0735 e. The van der Waals surface area contributed by atoms with Crippen molar-refractivity contribution in [2.75, 3.05) is 0 Å². The number of hydrazine groups is 1. The highest BCUT2D eigenvalue weighted by atomic mass is 127. The maximum Gasteiger partial charge on any atom is 0.0735 e. The predicted octanol–water partition coefficient (Wildman–Crippen LogP) is 2.61. The van der Waals surface area contributed by atoms with Gasteiger partial charge in [0.15, 0.2) is 0 Å². The summed E-state index contributed by atoms with van der Waals surface area (Å²) in [5.41, 5.74) is 6.36. The van der Waals surface area contributed by atoms with Gasteiger partial charge >= 0.3 is 0 Å². The van der Waals surface area contributed by atoms with E-state index >= 15 is 0 Å². The van der Waals surface area contributed by atoms with Crippen molar-refractivity contribution >= 4 is 33.9 Å². The fourth-order valence-corrected chi connectivity index (χ4v) is 3.02. The van der Waals surface area contributed by atoms with Crippen LogP contribution >= 0.6 is 33.9 Å². The van der Waals surface area contributed by atoms with E-state index in [1.807, 2.05) is 12.3 Å². The van der Waals surface area contributed by atoms with Crippen LogP contribution in [0.15, 0.2) is 29.9 Å². The minimum absolute atomic E-state index is 0.0217. The van der Waals surface area contributed by atoms with Gasteiger partial charge in [-0.05, 0) is 63.7 Å². The average Bonchev–Trinajstić information content (AvgIpc) is 2.69. The van der Waals surface area contributed by atoms with Crippen molar-refractivity contribution in [2.45, 2.75) is 13.0 Å². The monoisotopic (exact) mass is 345 g/mol. The van der Waals surface area contributed by atoms with Crippen LogP contribution in [0.1, 0.15) is 22.7 Å². The average molecular weight is 345 g/mol. The molecule has 0 spiro atoms. The normalized spacial score (nSPS) is 12.7. The Labute approximate surface area is 112 Å². The molecule has 3 nitrogen and oxygen atoms in total. The third kappa shape index (κ3) is 2.42. The van der Waals surface area contributed by atoms with Crippen molar-refractivity contribution in [3.8, 4) is 0 Å². The minimum Gasteiger partial charge on any atom is -0.271 e. The van der Waals surface area contributed by atoms with Gasteiger partial charge in [0, 0.05) is 12.4 Å². The molecule has 2 heterocycles. The number of hydrogen-bond acceptors (Lipinski definition) is 4. The third-order valence-corrected chi connectivity index (χ3v) is 4.29. The summed E-state index contributed by atoms with van der Waals surface area (Å²) < 4.78 is 1.26. The van der Waals surface area contributed by atoms with Gasteiger partial charge in [-0.25, -0.2) is 5.43 Å². The van der Waals surface area contributed by atoms with Crippen LogP contribution in [0, 0.1) is 9.81 Å². The number of nitrogens with two attached hydrogens (primary N) is 1. The summed E-state index contributed by atoms with van der Waals surface area (Å²) in [5, 5.41) is 2.12. The quantitative estimate of drug-likeness (QED) is 0.511. The predicted molar refractivity (Wildman–Crippen MR) is 75.2 cm³/mol. The number of halogens is 1. The summed E-state index contributed by atoms with van der Waals surface area (Å²) in [6.07, 6.45) is 3.66. The van der Waals surface area contributed by atoms with Crippen molar-refractivity contribution in [2.24, 2.45) is 5.84 Å². The molecule has 0 aliphatic heterocycles.